The van der Waals surface area contributed by atoms with Crippen LogP contribution in [0.15, 0.2) is 83.8 Å². The molecule has 1 fully saturated rings. The Bertz CT molecular complexity index is 1200. The van der Waals surface area contributed by atoms with Crippen LogP contribution >= 0.6 is 0 Å². The van der Waals surface area contributed by atoms with E-state index in [4.69, 9.17) is 14.6 Å². The molecule has 0 radical (unpaired) electrons. The van der Waals surface area contributed by atoms with Crippen LogP contribution in [-0.2, 0) is 25.0 Å². The van der Waals surface area contributed by atoms with Crippen LogP contribution in [0.3, 0.4) is 0 Å². The van der Waals surface area contributed by atoms with Gasteiger partial charge in [-0.1, -0.05) is 54.6 Å². The predicted molar refractivity (Wildman–Crippen MR) is 128 cm³/mol. The summed E-state index contributed by atoms with van der Waals surface area (Å²) in [7, 11) is -3.60. The van der Waals surface area contributed by atoms with Crippen molar-refractivity contribution in [2.45, 2.75) is 23.2 Å². The van der Waals surface area contributed by atoms with E-state index in [1.165, 1.54) is 0 Å². The van der Waals surface area contributed by atoms with E-state index in [1.54, 1.807) is 36.4 Å². The zero-order chi connectivity index (χ0) is 24.0. The number of carboxylic acids is 1. The molecule has 2 N–H and O–H groups in total. The van der Waals surface area contributed by atoms with E-state index in [0.717, 1.165) is 16.7 Å². The molecule has 3 aromatic carbocycles. The third-order valence-corrected chi connectivity index (χ3v) is 7.34. The van der Waals surface area contributed by atoms with Crippen LogP contribution in [0.2, 0.25) is 0 Å². The first-order valence-corrected chi connectivity index (χ1v) is 12.5. The number of benzene rings is 3. The summed E-state index contributed by atoms with van der Waals surface area (Å²) < 4.78 is 38.7. The minimum Gasteiger partial charge on any atom is -0.494 e. The maximum Gasteiger partial charge on any atom is 0.304 e. The fourth-order valence-electron chi connectivity index (χ4n) is 3.92. The SMILES string of the molecule is O=C(O)CC1(c2ccc(OCCCNS(=O)(=O)c3ccc(-c4ccccc4)cc3)cc2)COC1. The molecule has 1 saturated heterocycles. The van der Waals surface area contributed by atoms with Crippen LogP contribution in [0.25, 0.3) is 11.1 Å². The molecular weight excluding hydrogens is 454 g/mol. The molecule has 3 aromatic rings. The number of nitrogens with one attached hydrogen (secondary N) is 1. The molecule has 0 bridgehead atoms. The highest BCUT2D eigenvalue weighted by Crippen LogP contribution is 2.36. The smallest absolute Gasteiger partial charge is 0.304 e. The van der Waals surface area contributed by atoms with Crippen molar-refractivity contribution in [3.63, 3.8) is 0 Å². The fourth-order valence-corrected chi connectivity index (χ4v) is 5.00. The van der Waals surface area contributed by atoms with Gasteiger partial charge >= 0.3 is 5.97 Å². The Morgan fingerprint density at radius 1 is 0.941 bits per heavy atom. The Morgan fingerprint density at radius 2 is 1.59 bits per heavy atom. The molecule has 0 spiro atoms. The Kier molecular flexibility index (Phi) is 7.31. The second kappa shape index (κ2) is 10.4. The van der Waals surface area contributed by atoms with Crippen LogP contribution in [-0.4, -0.2) is 45.9 Å². The van der Waals surface area contributed by atoms with E-state index in [2.05, 4.69) is 4.72 Å². The van der Waals surface area contributed by atoms with Crippen molar-refractivity contribution in [2.24, 2.45) is 0 Å². The molecule has 1 aliphatic heterocycles. The van der Waals surface area contributed by atoms with Crippen molar-refractivity contribution in [3.05, 3.63) is 84.4 Å². The van der Waals surface area contributed by atoms with E-state index in [-0.39, 0.29) is 17.9 Å². The average molecular weight is 482 g/mol. The van der Waals surface area contributed by atoms with Crippen molar-refractivity contribution in [3.8, 4) is 16.9 Å². The summed E-state index contributed by atoms with van der Waals surface area (Å²) in [5.74, 6) is -0.202. The number of hydrogen-bond donors (Lipinski definition) is 2. The second-order valence-corrected chi connectivity index (χ2v) is 10.1. The van der Waals surface area contributed by atoms with E-state index in [9.17, 15) is 13.2 Å². The third kappa shape index (κ3) is 5.64. The molecular formula is C26H27NO6S. The lowest BCUT2D eigenvalue weighted by Crippen LogP contribution is -2.48. The number of carbonyl (C=O) groups is 1. The molecule has 0 aromatic heterocycles. The van der Waals surface area contributed by atoms with E-state index >= 15 is 0 Å². The summed E-state index contributed by atoms with van der Waals surface area (Å²) in [5.41, 5.74) is 2.43. The zero-order valence-electron chi connectivity index (χ0n) is 18.6. The van der Waals surface area contributed by atoms with E-state index in [1.807, 2.05) is 42.5 Å². The maximum absolute atomic E-state index is 12.6. The van der Waals surface area contributed by atoms with Crippen LogP contribution in [0.4, 0.5) is 0 Å². The molecule has 0 aliphatic carbocycles. The zero-order valence-corrected chi connectivity index (χ0v) is 19.5. The summed E-state index contributed by atoms with van der Waals surface area (Å²) >= 11 is 0. The highest BCUT2D eigenvalue weighted by molar-refractivity contribution is 7.89. The lowest BCUT2D eigenvalue weighted by molar-refractivity contribution is -0.145. The highest BCUT2D eigenvalue weighted by atomic mass is 32.2. The van der Waals surface area contributed by atoms with Gasteiger partial charge < -0.3 is 14.6 Å². The monoisotopic (exact) mass is 481 g/mol. The van der Waals surface area contributed by atoms with Crippen molar-refractivity contribution >= 4 is 16.0 Å². The predicted octanol–water partition coefficient (Wildman–Crippen LogP) is 3.84. The molecule has 1 heterocycles. The van der Waals surface area contributed by atoms with Crippen LogP contribution in [0, 0.1) is 0 Å². The van der Waals surface area contributed by atoms with Crippen molar-refractivity contribution < 1.29 is 27.8 Å². The molecule has 0 saturated carbocycles. The van der Waals surface area contributed by atoms with Gasteiger partial charge in [0.25, 0.3) is 0 Å². The third-order valence-electron chi connectivity index (χ3n) is 5.87. The molecule has 0 atom stereocenters. The quantitative estimate of drug-likeness (QED) is 0.404. The second-order valence-electron chi connectivity index (χ2n) is 8.36. The molecule has 7 nitrogen and oxygen atoms in total. The number of aliphatic carboxylic acids is 1. The fraction of sp³-hybridized carbons (Fsp3) is 0.269. The normalized spacial score (nSPS) is 14.8. The van der Waals surface area contributed by atoms with Crippen LogP contribution in [0.1, 0.15) is 18.4 Å². The van der Waals surface area contributed by atoms with Crippen LogP contribution < -0.4 is 9.46 Å². The number of sulfonamides is 1. The maximum atomic E-state index is 12.6. The largest absolute Gasteiger partial charge is 0.494 e. The first-order valence-electron chi connectivity index (χ1n) is 11.1. The topological polar surface area (TPSA) is 102 Å². The van der Waals surface area contributed by atoms with E-state index < -0.39 is 21.4 Å². The standard InChI is InChI=1S/C26H27NO6S/c28-25(29)17-26(18-32-19-26)22-9-11-23(12-10-22)33-16-4-15-27-34(30,31)24-13-7-21(8-14-24)20-5-2-1-3-6-20/h1-3,5-14,27H,4,15-19H2,(H,28,29). The Hall–Kier alpha value is -3.20. The molecule has 8 heteroatoms. The summed E-state index contributed by atoms with van der Waals surface area (Å²) in [6.45, 7) is 1.39. The van der Waals surface area contributed by atoms with Gasteiger partial charge in [-0.05, 0) is 47.4 Å². The Morgan fingerprint density at radius 3 is 2.18 bits per heavy atom. The highest BCUT2D eigenvalue weighted by Gasteiger charge is 2.42. The van der Waals surface area contributed by atoms with E-state index in [0.29, 0.717) is 32.0 Å². The Balaban J connectivity index is 1.24. The lowest BCUT2D eigenvalue weighted by Gasteiger charge is -2.40. The lowest BCUT2D eigenvalue weighted by atomic mass is 9.76. The van der Waals surface area contributed by atoms with Crippen molar-refractivity contribution in [1.29, 1.82) is 0 Å². The molecule has 0 amide bonds. The summed E-state index contributed by atoms with van der Waals surface area (Å²) in [4.78, 5) is 11.4. The minimum atomic E-state index is -3.60. The minimum absolute atomic E-state index is 0.0301. The van der Waals surface area contributed by atoms with Gasteiger partial charge in [0, 0.05) is 6.54 Å². The summed E-state index contributed by atoms with van der Waals surface area (Å²) in [6, 6.07) is 23.9. The van der Waals surface area contributed by atoms with Gasteiger partial charge in [-0.2, -0.15) is 0 Å². The number of hydrogen-bond acceptors (Lipinski definition) is 5. The first kappa shape index (κ1) is 23.9. The molecule has 0 unspecified atom stereocenters. The van der Waals surface area contributed by atoms with Crippen molar-refractivity contribution in [2.75, 3.05) is 26.4 Å². The van der Waals surface area contributed by atoms with Gasteiger partial charge in [-0.3, -0.25) is 4.79 Å². The van der Waals surface area contributed by atoms with Gasteiger partial charge in [0.1, 0.15) is 5.75 Å². The molecule has 4 rings (SSSR count). The van der Waals surface area contributed by atoms with Gasteiger partial charge in [-0.25, -0.2) is 13.1 Å². The molecule has 1 aliphatic rings. The number of ether oxygens (including phenoxy) is 2. The Labute approximate surface area is 199 Å². The average Bonchev–Trinajstić information content (AvgIpc) is 2.82. The summed E-state index contributed by atoms with van der Waals surface area (Å²) in [5, 5.41) is 9.16. The van der Waals surface area contributed by atoms with Gasteiger partial charge in [0.05, 0.1) is 36.6 Å². The van der Waals surface area contributed by atoms with Gasteiger partial charge in [0.15, 0.2) is 0 Å². The number of carboxylic acid groups (broad SMARTS) is 1. The van der Waals surface area contributed by atoms with Crippen LogP contribution in [0.5, 0.6) is 5.75 Å². The molecule has 34 heavy (non-hydrogen) atoms. The molecule has 178 valence electrons. The summed E-state index contributed by atoms with van der Waals surface area (Å²) in [6.07, 6.45) is 0.530. The van der Waals surface area contributed by atoms with Crippen molar-refractivity contribution in [1.82, 2.24) is 4.72 Å². The van der Waals surface area contributed by atoms with Gasteiger partial charge in [-0.15, -0.1) is 0 Å². The first-order chi connectivity index (χ1) is 16.4. The van der Waals surface area contributed by atoms with Gasteiger partial charge in [0.2, 0.25) is 10.0 Å². The number of rotatable bonds is 11.